The van der Waals surface area contributed by atoms with E-state index in [4.69, 9.17) is 13.6 Å². The third-order valence-corrected chi connectivity index (χ3v) is 4.80. The van der Waals surface area contributed by atoms with Gasteiger partial charge in [-0.15, -0.1) is 0 Å². The van der Waals surface area contributed by atoms with Crippen LogP contribution < -0.4 is 5.32 Å². The van der Waals surface area contributed by atoms with Crippen molar-refractivity contribution in [3.63, 3.8) is 0 Å². The van der Waals surface area contributed by atoms with E-state index in [-0.39, 0.29) is 18.1 Å². The SMILES string of the molecule is O=C(C[C@@H]1C[C@@H]2CN(Cc3ccco3)C[C@@H]2O1)NCc1ccco1. The van der Waals surface area contributed by atoms with Crippen LogP contribution in [-0.2, 0) is 22.6 Å². The number of hydrogen-bond donors (Lipinski definition) is 1. The Bertz CT molecular complexity index is 639. The average Bonchev–Trinajstić information content (AvgIpc) is 3.30. The van der Waals surface area contributed by atoms with Crippen LogP contribution in [0.25, 0.3) is 0 Å². The van der Waals surface area contributed by atoms with Crippen molar-refractivity contribution in [2.24, 2.45) is 5.92 Å². The van der Waals surface area contributed by atoms with E-state index < -0.39 is 0 Å². The largest absolute Gasteiger partial charge is 0.468 e. The van der Waals surface area contributed by atoms with Crippen molar-refractivity contribution in [1.82, 2.24) is 10.2 Å². The van der Waals surface area contributed by atoms with E-state index in [2.05, 4.69) is 10.2 Å². The minimum atomic E-state index is 0.0174. The number of nitrogens with one attached hydrogen (secondary N) is 1. The molecule has 6 nitrogen and oxygen atoms in total. The van der Waals surface area contributed by atoms with E-state index in [1.54, 1.807) is 12.5 Å². The van der Waals surface area contributed by atoms with Gasteiger partial charge >= 0.3 is 0 Å². The number of ether oxygens (including phenoxy) is 1. The Balaban J connectivity index is 1.20. The second-order valence-corrected chi connectivity index (χ2v) is 6.63. The summed E-state index contributed by atoms with van der Waals surface area (Å²) in [6, 6.07) is 7.59. The Labute approximate surface area is 140 Å². The predicted molar refractivity (Wildman–Crippen MR) is 85.9 cm³/mol. The summed E-state index contributed by atoms with van der Waals surface area (Å²) >= 11 is 0. The Kier molecular flexibility index (Phi) is 4.40. The molecule has 0 saturated carbocycles. The van der Waals surface area contributed by atoms with E-state index in [1.165, 1.54) is 0 Å². The number of hydrogen-bond acceptors (Lipinski definition) is 5. The number of nitrogens with zero attached hydrogens (tertiary/aromatic N) is 1. The third-order valence-electron chi connectivity index (χ3n) is 4.80. The van der Waals surface area contributed by atoms with Crippen molar-refractivity contribution in [2.75, 3.05) is 13.1 Å². The molecule has 1 amide bonds. The van der Waals surface area contributed by atoms with Crippen LogP contribution in [0.4, 0.5) is 0 Å². The first-order valence-corrected chi connectivity index (χ1v) is 8.45. The summed E-state index contributed by atoms with van der Waals surface area (Å²) in [5.41, 5.74) is 0. The zero-order chi connectivity index (χ0) is 16.4. The van der Waals surface area contributed by atoms with Crippen LogP contribution in [0.2, 0.25) is 0 Å². The first kappa shape index (κ1) is 15.5. The summed E-state index contributed by atoms with van der Waals surface area (Å²) in [7, 11) is 0. The minimum Gasteiger partial charge on any atom is -0.468 e. The molecule has 4 rings (SSSR count). The lowest BCUT2D eigenvalue weighted by Gasteiger charge is -2.17. The molecule has 1 N–H and O–H groups in total. The predicted octanol–water partition coefficient (Wildman–Crippen LogP) is 2.17. The molecule has 24 heavy (non-hydrogen) atoms. The lowest BCUT2D eigenvalue weighted by Crippen LogP contribution is -2.29. The molecule has 2 saturated heterocycles. The number of carbonyl (C=O) groups excluding carboxylic acids is 1. The number of rotatable bonds is 6. The third kappa shape index (κ3) is 3.55. The molecule has 0 aromatic carbocycles. The molecule has 0 spiro atoms. The summed E-state index contributed by atoms with van der Waals surface area (Å²) in [4.78, 5) is 14.4. The Hall–Kier alpha value is -2.05. The Morgan fingerprint density at radius 2 is 1.96 bits per heavy atom. The lowest BCUT2D eigenvalue weighted by molar-refractivity contribution is -0.124. The van der Waals surface area contributed by atoms with E-state index in [9.17, 15) is 4.79 Å². The van der Waals surface area contributed by atoms with Crippen LogP contribution >= 0.6 is 0 Å². The first-order chi connectivity index (χ1) is 11.8. The molecule has 2 fully saturated rings. The molecule has 4 heterocycles. The van der Waals surface area contributed by atoms with E-state index in [1.807, 2.05) is 24.3 Å². The summed E-state index contributed by atoms with van der Waals surface area (Å²) in [6.07, 6.45) is 4.96. The van der Waals surface area contributed by atoms with Crippen LogP contribution in [0.3, 0.4) is 0 Å². The van der Waals surface area contributed by atoms with Gasteiger partial charge in [-0.2, -0.15) is 0 Å². The van der Waals surface area contributed by atoms with Gasteiger partial charge in [0.15, 0.2) is 0 Å². The van der Waals surface area contributed by atoms with Crippen LogP contribution in [0.1, 0.15) is 24.4 Å². The van der Waals surface area contributed by atoms with Gasteiger partial charge in [-0.1, -0.05) is 0 Å². The summed E-state index contributed by atoms with van der Waals surface area (Å²) in [6.45, 7) is 3.19. The molecule has 0 unspecified atom stereocenters. The Morgan fingerprint density at radius 3 is 2.67 bits per heavy atom. The molecular formula is C18H22N2O4. The van der Waals surface area contributed by atoms with Crippen molar-refractivity contribution >= 4 is 5.91 Å². The highest BCUT2D eigenvalue weighted by atomic mass is 16.5. The zero-order valence-electron chi connectivity index (χ0n) is 13.5. The van der Waals surface area contributed by atoms with E-state index >= 15 is 0 Å². The molecule has 128 valence electrons. The van der Waals surface area contributed by atoms with Crippen LogP contribution in [0, 0.1) is 5.92 Å². The summed E-state index contributed by atoms with van der Waals surface area (Å²) in [5.74, 6) is 2.29. The lowest BCUT2D eigenvalue weighted by atomic mass is 10.0. The van der Waals surface area contributed by atoms with Crippen LogP contribution in [0.5, 0.6) is 0 Å². The number of furan rings is 2. The van der Waals surface area contributed by atoms with Crippen LogP contribution in [0.15, 0.2) is 45.6 Å². The van der Waals surface area contributed by atoms with Crippen molar-refractivity contribution in [2.45, 2.75) is 38.1 Å². The smallest absolute Gasteiger partial charge is 0.222 e. The van der Waals surface area contributed by atoms with Gasteiger partial charge in [-0.05, 0) is 30.7 Å². The van der Waals surface area contributed by atoms with Crippen molar-refractivity contribution < 1.29 is 18.4 Å². The molecule has 0 aliphatic carbocycles. The van der Waals surface area contributed by atoms with Crippen LogP contribution in [-0.4, -0.2) is 36.1 Å². The highest BCUT2D eigenvalue weighted by Crippen LogP contribution is 2.34. The second-order valence-electron chi connectivity index (χ2n) is 6.63. The monoisotopic (exact) mass is 330 g/mol. The maximum Gasteiger partial charge on any atom is 0.222 e. The molecule has 2 aromatic heterocycles. The van der Waals surface area contributed by atoms with Gasteiger partial charge in [0, 0.05) is 19.0 Å². The standard InChI is InChI=1S/C18H22N2O4/c21-18(19-9-14-3-1-5-22-14)8-16-7-13-10-20(12-17(13)24-16)11-15-4-2-6-23-15/h1-6,13,16-17H,7-12H2,(H,19,21)/t13-,16+,17+/m1/s1. The number of likely N-dealkylation sites (tertiary alicyclic amines) is 1. The summed E-state index contributed by atoms with van der Waals surface area (Å²) < 4.78 is 16.7. The molecule has 0 radical (unpaired) electrons. The fraction of sp³-hybridized carbons (Fsp3) is 0.500. The normalized spacial score (nSPS) is 26.6. The first-order valence-electron chi connectivity index (χ1n) is 8.45. The van der Waals surface area contributed by atoms with Gasteiger partial charge < -0.3 is 18.9 Å². The van der Waals surface area contributed by atoms with Gasteiger partial charge in [-0.3, -0.25) is 9.69 Å². The van der Waals surface area contributed by atoms with Gasteiger partial charge in [0.2, 0.25) is 5.91 Å². The molecule has 3 atom stereocenters. The average molecular weight is 330 g/mol. The van der Waals surface area contributed by atoms with Gasteiger partial charge in [0.1, 0.15) is 11.5 Å². The van der Waals surface area contributed by atoms with Crippen molar-refractivity contribution in [1.29, 1.82) is 0 Å². The maximum atomic E-state index is 12.0. The van der Waals surface area contributed by atoms with Gasteiger partial charge in [-0.25, -0.2) is 0 Å². The maximum absolute atomic E-state index is 12.0. The topological polar surface area (TPSA) is 67.9 Å². The molecule has 6 heteroatoms. The highest BCUT2D eigenvalue weighted by Gasteiger charge is 2.42. The van der Waals surface area contributed by atoms with E-state index in [0.29, 0.717) is 18.9 Å². The fourth-order valence-corrected chi connectivity index (χ4v) is 3.71. The zero-order valence-corrected chi connectivity index (χ0v) is 13.5. The quantitative estimate of drug-likeness (QED) is 0.879. The number of fused-ring (bicyclic) bond motifs is 1. The van der Waals surface area contributed by atoms with Crippen molar-refractivity contribution in [3.8, 4) is 0 Å². The molecule has 2 aliphatic rings. The molecular weight excluding hydrogens is 308 g/mol. The second kappa shape index (κ2) is 6.83. The molecule has 2 aliphatic heterocycles. The molecule has 0 bridgehead atoms. The summed E-state index contributed by atoms with van der Waals surface area (Å²) in [5, 5.41) is 2.88. The fourth-order valence-electron chi connectivity index (χ4n) is 3.71. The van der Waals surface area contributed by atoms with Crippen molar-refractivity contribution in [3.05, 3.63) is 48.3 Å². The Morgan fingerprint density at radius 1 is 1.17 bits per heavy atom. The highest BCUT2D eigenvalue weighted by molar-refractivity contribution is 5.76. The molecule has 2 aromatic rings. The van der Waals surface area contributed by atoms with Gasteiger partial charge in [0.25, 0.3) is 0 Å². The minimum absolute atomic E-state index is 0.0174. The number of amides is 1. The van der Waals surface area contributed by atoms with Gasteiger partial charge in [0.05, 0.1) is 44.2 Å². The van der Waals surface area contributed by atoms with E-state index in [0.717, 1.165) is 37.6 Å². The number of carbonyl (C=O) groups is 1.